The number of hydrogen-bond donors (Lipinski definition) is 0. The Morgan fingerprint density at radius 3 is 1.32 bits per heavy atom. The van der Waals surface area contributed by atoms with Crippen molar-refractivity contribution in [3.8, 4) is 0 Å². The third-order valence-electron chi connectivity index (χ3n) is 3.84. The molecule has 0 aromatic heterocycles. The maximum Gasteiger partial charge on any atom is 0.428 e. The predicted octanol–water partition coefficient (Wildman–Crippen LogP) is 5.65. The summed E-state index contributed by atoms with van der Waals surface area (Å²) in [7, 11) is 0. The molecule has 25 heavy (non-hydrogen) atoms. The summed E-state index contributed by atoms with van der Waals surface area (Å²) in [5, 5.41) is 0. The van der Waals surface area contributed by atoms with Gasteiger partial charge in [0.05, 0.1) is 0 Å². The van der Waals surface area contributed by atoms with Gasteiger partial charge in [0, 0.05) is 6.42 Å². The molecule has 0 rings (SSSR count). The highest BCUT2D eigenvalue weighted by molar-refractivity contribution is 5.12. The van der Waals surface area contributed by atoms with Crippen molar-refractivity contribution >= 4 is 0 Å². The van der Waals surface area contributed by atoms with Crippen LogP contribution in [-0.4, -0.2) is 54.5 Å². The minimum Gasteiger partial charge on any atom is -0.247 e. The van der Waals surface area contributed by atoms with Crippen molar-refractivity contribution in [3.05, 3.63) is 0 Å². The Morgan fingerprint density at radius 1 is 0.680 bits per heavy atom. The number of halogens is 13. The van der Waals surface area contributed by atoms with Crippen LogP contribution >= 0.6 is 0 Å². The normalized spacial score (nSPS) is 20.8. The topological polar surface area (TPSA) is 0 Å². The van der Waals surface area contributed by atoms with Crippen molar-refractivity contribution in [1.29, 1.82) is 0 Å². The van der Waals surface area contributed by atoms with Crippen molar-refractivity contribution in [2.45, 2.75) is 61.5 Å². The Balaban J connectivity index is 5.90. The molecule has 0 aromatic carbocycles. The SMILES string of the molecule is CC(F)(C(F)(F)F)C(F)(F)C(C)(F)C(F)(F)CC(F)C(F)(CF)CF. The molecule has 3 atom stereocenters. The molecule has 0 heterocycles. The molecule has 152 valence electrons. The van der Waals surface area contributed by atoms with Gasteiger partial charge in [-0.05, 0) is 13.8 Å². The average Bonchev–Trinajstić information content (AvgIpc) is 2.43. The van der Waals surface area contributed by atoms with Crippen LogP contribution in [0.3, 0.4) is 0 Å². The number of rotatable bonds is 8. The lowest BCUT2D eigenvalue weighted by atomic mass is 9.79. The van der Waals surface area contributed by atoms with Gasteiger partial charge in [-0.1, -0.05) is 0 Å². The quantitative estimate of drug-likeness (QED) is 0.459. The second kappa shape index (κ2) is 6.67. The van der Waals surface area contributed by atoms with Gasteiger partial charge in [0.15, 0.2) is 5.67 Å². The van der Waals surface area contributed by atoms with Crippen molar-refractivity contribution in [3.63, 3.8) is 0 Å². The van der Waals surface area contributed by atoms with Crippen LogP contribution in [0.15, 0.2) is 0 Å². The van der Waals surface area contributed by atoms with Crippen LogP contribution in [0.25, 0.3) is 0 Å². The van der Waals surface area contributed by atoms with Crippen LogP contribution in [0.1, 0.15) is 20.3 Å². The molecule has 3 unspecified atom stereocenters. The molecule has 0 spiro atoms. The van der Waals surface area contributed by atoms with Gasteiger partial charge in [-0.15, -0.1) is 0 Å². The minimum atomic E-state index is -6.50. The standard InChI is InChI=1S/C12H13F13/c1-7(16,11(21,22)8(2,17)12(23,24)25)10(19,20)3-6(15)9(18,4-13)5-14/h6H,3-5H2,1-2H3. The Bertz CT molecular complexity index is 446. The first kappa shape index (κ1) is 24.1. The van der Waals surface area contributed by atoms with E-state index in [4.69, 9.17) is 0 Å². The monoisotopic (exact) mass is 404 g/mol. The fraction of sp³-hybridized carbons (Fsp3) is 1.00. The van der Waals surface area contributed by atoms with E-state index in [2.05, 4.69) is 0 Å². The Hall–Kier alpha value is -0.910. The summed E-state index contributed by atoms with van der Waals surface area (Å²) in [5.74, 6) is -12.3. The highest BCUT2D eigenvalue weighted by Crippen LogP contribution is 2.56. The third kappa shape index (κ3) is 3.79. The highest BCUT2D eigenvalue weighted by atomic mass is 19.4. The number of alkyl halides is 13. The average molecular weight is 404 g/mol. The third-order valence-corrected chi connectivity index (χ3v) is 3.84. The zero-order chi connectivity index (χ0) is 20.7. The zero-order valence-electron chi connectivity index (χ0n) is 12.6. The van der Waals surface area contributed by atoms with Gasteiger partial charge >= 0.3 is 12.1 Å². The Morgan fingerprint density at radius 2 is 1.04 bits per heavy atom. The molecule has 0 bridgehead atoms. The molecule has 0 radical (unpaired) electrons. The second-order valence-electron chi connectivity index (χ2n) is 5.76. The fourth-order valence-corrected chi connectivity index (χ4v) is 1.65. The van der Waals surface area contributed by atoms with Crippen molar-refractivity contribution in [2.75, 3.05) is 13.3 Å². The summed E-state index contributed by atoms with van der Waals surface area (Å²) in [6, 6.07) is 0. The van der Waals surface area contributed by atoms with E-state index in [1.165, 1.54) is 0 Å². The maximum absolute atomic E-state index is 13.9. The van der Waals surface area contributed by atoms with Gasteiger partial charge in [-0.3, -0.25) is 0 Å². The summed E-state index contributed by atoms with van der Waals surface area (Å²) in [6.07, 6.45) is -13.4. The minimum absolute atomic E-state index is 0.853. The van der Waals surface area contributed by atoms with Gasteiger partial charge in [0.1, 0.15) is 19.5 Å². The molecule has 0 aliphatic heterocycles. The summed E-state index contributed by atoms with van der Waals surface area (Å²) in [5.41, 5.74) is -15.7. The van der Waals surface area contributed by atoms with E-state index < -0.39 is 74.8 Å². The van der Waals surface area contributed by atoms with Crippen molar-refractivity contribution in [2.24, 2.45) is 0 Å². The van der Waals surface area contributed by atoms with Crippen molar-refractivity contribution < 1.29 is 57.1 Å². The van der Waals surface area contributed by atoms with Gasteiger partial charge in [-0.25, -0.2) is 35.1 Å². The molecule has 0 aliphatic rings. The first-order chi connectivity index (χ1) is 10.7. The zero-order valence-corrected chi connectivity index (χ0v) is 12.6. The van der Waals surface area contributed by atoms with E-state index in [1.807, 2.05) is 0 Å². The van der Waals surface area contributed by atoms with Crippen LogP contribution in [0.2, 0.25) is 0 Å². The lowest BCUT2D eigenvalue weighted by Crippen LogP contribution is -2.68. The van der Waals surface area contributed by atoms with Crippen LogP contribution in [0.5, 0.6) is 0 Å². The fourth-order valence-electron chi connectivity index (χ4n) is 1.65. The molecule has 0 N–H and O–H groups in total. The van der Waals surface area contributed by atoms with Crippen LogP contribution in [-0.2, 0) is 0 Å². The smallest absolute Gasteiger partial charge is 0.247 e. The second-order valence-corrected chi connectivity index (χ2v) is 5.76. The van der Waals surface area contributed by atoms with Gasteiger partial charge in [0.2, 0.25) is 5.67 Å². The lowest BCUT2D eigenvalue weighted by molar-refractivity contribution is -0.351. The Kier molecular flexibility index (Phi) is 6.43. The molecule has 0 aliphatic carbocycles. The predicted molar refractivity (Wildman–Crippen MR) is 60.3 cm³/mol. The van der Waals surface area contributed by atoms with E-state index in [0.717, 1.165) is 0 Å². The molecule has 13 heteroatoms. The molecule has 0 aromatic rings. The van der Waals surface area contributed by atoms with Gasteiger partial charge < -0.3 is 0 Å². The van der Waals surface area contributed by atoms with E-state index in [9.17, 15) is 57.1 Å². The molecular formula is C12H13F13. The van der Waals surface area contributed by atoms with E-state index >= 15 is 0 Å². The highest BCUT2D eigenvalue weighted by Gasteiger charge is 2.80. The molecular weight excluding hydrogens is 391 g/mol. The largest absolute Gasteiger partial charge is 0.428 e. The summed E-state index contributed by atoms with van der Waals surface area (Å²) >= 11 is 0. The molecule has 0 fully saturated rings. The van der Waals surface area contributed by atoms with E-state index in [-0.39, 0.29) is 0 Å². The molecule has 0 amide bonds. The Labute approximate surface area is 133 Å². The van der Waals surface area contributed by atoms with Crippen LogP contribution < -0.4 is 0 Å². The maximum atomic E-state index is 13.9. The summed E-state index contributed by atoms with van der Waals surface area (Å²) in [4.78, 5) is 0. The van der Waals surface area contributed by atoms with E-state index in [1.54, 1.807) is 0 Å². The van der Waals surface area contributed by atoms with E-state index in [0.29, 0.717) is 0 Å². The first-order valence-electron chi connectivity index (χ1n) is 6.40. The summed E-state index contributed by atoms with van der Waals surface area (Å²) < 4.78 is 170. The van der Waals surface area contributed by atoms with Gasteiger partial charge in [0.25, 0.3) is 11.6 Å². The van der Waals surface area contributed by atoms with Crippen LogP contribution in [0, 0.1) is 0 Å². The van der Waals surface area contributed by atoms with Crippen molar-refractivity contribution in [1.82, 2.24) is 0 Å². The molecule has 0 saturated heterocycles. The van der Waals surface area contributed by atoms with Crippen LogP contribution in [0.4, 0.5) is 57.1 Å². The number of hydrogen-bond acceptors (Lipinski definition) is 0. The molecule has 0 nitrogen and oxygen atoms in total. The molecule has 0 saturated carbocycles. The van der Waals surface area contributed by atoms with Gasteiger partial charge in [-0.2, -0.15) is 22.0 Å². The lowest BCUT2D eigenvalue weighted by Gasteiger charge is -2.43. The summed E-state index contributed by atoms with van der Waals surface area (Å²) in [6.45, 7) is -6.85. The first-order valence-corrected chi connectivity index (χ1v) is 6.40.